The van der Waals surface area contributed by atoms with Gasteiger partial charge in [-0.1, -0.05) is 31.9 Å². The van der Waals surface area contributed by atoms with E-state index >= 15 is 0 Å². The molecule has 0 aliphatic carbocycles. The van der Waals surface area contributed by atoms with Crippen LogP contribution in [0.4, 0.5) is 4.39 Å². The van der Waals surface area contributed by atoms with E-state index in [4.69, 9.17) is 14.0 Å². The van der Waals surface area contributed by atoms with Gasteiger partial charge in [-0.05, 0) is 64.5 Å². The summed E-state index contributed by atoms with van der Waals surface area (Å²) in [7, 11) is -0.667. The first-order valence-corrected chi connectivity index (χ1v) is 10.00. The first-order chi connectivity index (χ1) is 12.2. The smallest absolute Gasteiger partial charge is 0.399 e. The molecule has 2 fully saturated rings. The summed E-state index contributed by atoms with van der Waals surface area (Å²) >= 11 is 0. The molecule has 2 aliphatic rings. The summed E-state index contributed by atoms with van der Waals surface area (Å²) in [6, 6.07) is 5.34. The first-order valence-electron chi connectivity index (χ1n) is 10.00. The van der Waals surface area contributed by atoms with E-state index in [1.54, 1.807) is 12.1 Å². The van der Waals surface area contributed by atoms with Crippen molar-refractivity contribution < 1.29 is 18.4 Å². The predicted molar refractivity (Wildman–Crippen MR) is 103 cm³/mol. The molecule has 2 aliphatic heterocycles. The van der Waals surface area contributed by atoms with Crippen LogP contribution in [0.5, 0.6) is 0 Å². The molecular formula is C21H32BFO3. The minimum Gasteiger partial charge on any atom is -0.399 e. The number of hydrogen-bond acceptors (Lipinski definition) is 3. The van der Waals surface area contributed by atoms with Crippen molar-refractivity contribution >= 4 is 12.6 Å². The second-order valence-electron chi connectivity index (χ2n) is 8.78. The van der Waals surface area contributed by atoms with Crippen LogP contribution in [-0.4, -0.2) is 24.9 Å². The third-order valence-electron chi connectivity index (χ3n) is 6.24. The van der Waals surface area contributed by atoms with Gasteiger partial charge in [-0.15, -0.1) is 0 Å². The fraction of sp³-hybridized carbons (Fsp3) is 0.714. The number of benzene rings is 1. The third-order valence-corrected chi connectivity index (χ3v) is 6.24. The fourth-order valence-electron chi connectivity index (χ4n) is 3.69. The molecule has 1 aromatic rings. The minimum absolute atomic E-state index is 0.00489. The maximum Gasteiger partial charge on any atom is 0.497 e. The Morgan fingerprint density at radius 2 is 1.81 bits per heavy atom. The molecule has 2 heterocycles. The van der Waals surface area contributed by atoms with E-state index in [-0.39, 0.29) is 11.9 Å². The van der Waals surface area contributed by atoms with Crippen molar-refractivity contribution in [2.45, 2.75) is 84.0 Å². The average molecular weight is 362 g/mol. The molecule has 2 atom stereocenters. The zero-order chi connectivity index (χ0) is 18.9. The van der Waals surface area contributed by atoms with Crippen molar-refractivity contribution in [3.63, 3.8) is 0 Å². The molecule has 0 N–H and O–H groups in total. The summed E-state index contributed by atoms with van der Waals surface area (Å²) < 4.78 is 32.8. The quantitative estimate of drug-likeness (QED) is 0.706. The molecule has 0 radical (unpaired) electrons. The lowest BCUT2D eigenvalue weighted by molar-refractivity contribution is -0.0199. The Hall–Kier alpha value is -0.905. The summed E-state index contributed by atoms with van der Waals surface area (Å²) in [6.07, 6.45) is 5.84. The van der Waals surface area contributed by atoms with E-state index in [1.807, 2.05) is 33.8 Å². The lowest BCUT2D eigenvalue weighted by Crippen LogP contribution is -2.41. The Morgan fingerprint density at radius 3 is 2.35 bits per heavy atom. The molecule has 0 aromatic heterocycles. The summed E-state index contributed by atoms with van der Waals surface area (Å²) in [4.78, 5) is 0. The van der Waals surface area contributed by atoms with Gasteiger partial charge in [-0.3, -0.25) is 0 Å². The topological polar surface area (TPSA) is 27.7 Å². The van der Waals surface area contributed by atoms with Crippen LogP contribution in [0.3, 0.4) is 0 Å². The molecule has 3 nitrogen and oxygen atoms in total. The Morgan fingerprint density at radius 1 is 1.12 bits per heavy atom. The van der Waals surface area contributed by atoms with Gasteiger partial charge in [0.25, 0.3) is 0 Å². The van der Waals surface area contributed by atoms with E-state index in [9.17, 15) is 4.39 Å². The van der Waals surface area contributed by atoms with Gasteiger partial charge in [-0.2, -0.15) is 0 Å². The molecule has 2 saturated heterocycles. The summed E-state index contributed by atoms with van der Waals surface area (Å²) in [5, 5.41) is 0. The van der Waals surface area contributed by atoms with Crippen molar-refractivity contribution in [1.29, 1.82) is 0 Å². The average Bonchev–Trinajstić information content (AvgIpc) is 2.81. The van der Waals surface area contributed by atoms with E-state index in [2.05, 4.69) is 6.92 Å². The number of halogens is 1. The van der Waals surface area contributed by atoms with Gasteiger partial charge in [0.2, 0.25) is 0 Å². The summed E-state index contributed by atoms with van der Waals surface area (Å²) in [5.74, 6) is 0.373. The Labute approximate surface area is 157 Å². The third kappa shape index (κ3) is 4.00. The van der Waals surface area contributed by atoms with E-state index in [0.29, 0.717) is 11.4 Å². The van der Waals surface area contributed by atoms with Crippen LogP contribution in [0, 0.1) is 11.7 Å². The maximum atomic E-state index is 14.8. The molecule has 144 valence electrons. The van der Waals surface area contributed by atoms with Gasteiger partial charge < -0.3 is 14.0 Å². The van der Waals surface area contributed by atoms with Crippen molar-refractivity contribution in [2.75, 3.05) is 6.61 Å². The summed E-state index contributed by atoms with van der Waals surface area (Å²) in [5.41, 5.74) is 0.437. The standard InChI is InChI=1S/C21H32BFO3/c1-6-7-8-15-9-12-19(24-14-15)16-10-11-17(18(23)13-16)22-25-20(2,3)21(4,5)26-22/h10-11,13,15,19H,6-9,12,14H2,1-5H3. The second-order valence-corrected chi connectivity index (χ2v) is 8.78. The normalized spacial score (nSPS) is 27.7. The lowest BCUT2D eigenvalue weighted by atomic mass is 9.78. The lowest BCUT2D eigenvalue weighted by Gasteiger charge is -2.32. The van der Waals surface area contributed by atoms with Crippen LogP contribution >= 0.6 is 0 Å². The minimum atomic E-state index is -0.667. The number of ether oxygens (including phenoxy) is 1. The largest absolute Gasteiger partial charge is 0.497 e. The van der Waals surface area contributed by atoms with Crippen LogP contribution < -0.4 is 5.46 Å². The van der Waals surface area contributed by atoms with E-state index < -0.39 is 18.3 Å². The number of rotatable bonds is 5. The van der Waals surface area contributed by atoms with Crippen molar-refractivity contribution in [3.8, 4) is 0 Å². The monoisotopic (exact) mass is 362 g/mol. The molecule has 0 bridgehead atoms. The fourth-order valence-corrected chi connectivity index (χ4v) is 3.69. The molecule has 2 unspecified atom stereocenters. The molecule has 1 aromatic carbocycles. The van der Waals surface area contributed by atoms with Gasteiger partial charge in [0.1, 0.15) is 5.82 Å². The Balaban J connectivity index is 1.66. The number of unbranched alkanes of at least 4 members (excludes halogenated alkanes) is 1. The van der Waals surface area contributed by atoms with Crippen molar-refractivity contribution in [1.82, 2.24) is 0 Å². The zero-order valence-electron chi connectivity index (χ0n) is 16.8. The van der Waals surface area contributed by atoms with Crippen LogP contribution in [0.15, 0.2) is 18.2 Å². The van der Waals surface area contributed by atoms with Gasteiger partial charge in [0.15, 0.2) is 0 Å². The molecule has 0 spiro atoms. The molecule has 3 rings (SSSR count). The molecule has 0 saturated carbocycles. The highest BCUT2D eigenvalue weighted by molar-refractivity contribution is 6.62. The zero-order valence-corrected chi connectivity index (χ0v) is 16.8. The highest BCUT2D eigenvalue weighted by Gasteiger charge is 2.52. The molecule has 5 heteroatoms. The second kappa shape index (κ2) is 7.61. The van der Waals surface area contributed by atoms with Crippen LogP contribution in [0.25, 0.3) is 0 Å². The Kier molecular flexibility index (Phi) is 5.81. The van der Waals surface area contributed by atoms with Gasteiger partial charge in [0.05, 0.1) is 23.9 Å². The molecule has 0 amide bonds. The first kappa shape index (κ1) is 19.8. The van der Waals surface area contributed by atoms with Crippen LogP contribution in [0.1, 0.15) is 78.4 Å². The van der Waals surface area contributed by atoms with E-state index in [1.165, 1.54) is 19.3 Å². The summed E-state index contributed by atoms with van der Waals surface area (Å²) in [6.45, 7) is 10.9. The van der Waals surface area contributed by atoms with Gasteiger partial charge >= 0.3 is 7.12 Å². The van der Waals surface area contributed by atoms with Crippen LogP contribution in [0.2, 0.25) is 0 Å². The SMILES string of the molecule is CCCCC1CCC(c2ccc(B3OC(C)(C)C(C)(C)O3)c(F)c2)OC1. The predicted octanol–water partition coefficient (Wildman–Crippen LogP) is 4.78. The highest BCUT2D eigenvalue weighted by Crippen LogP contribution is 2.37. The highest BCUT2D eigenvalue weighted by atomic mass is 19.1. The Bertz CT molecular complexity index is 608. The van der Waals surface area contributed by atoms with E-state index in [0.717, 1.165) is 25.0 Å². The van der Waals surface area contributed by atoms with Crippen LogP contribution in [-0.2, 0) is 14.0 Å². The molecule has 26 heavy (non-hydrogen) atoms. The van der Waals surface area contributed by atoms with Gasteiger partial charge in [-0.25, -0.2) is 4.39 Å². The molecular weight excluding hydrogens is 330 g/mol. The maximum absolute atomic E-state index is 14.8. The number of hydrogen-bond donors (Lipinski definition) is 0. The van der Waals surface area contributed by atoms with Crippen molar-refractivity contribution in [2.24, 2.45) is 5.92 Å². The van der Waals surface area contributed by atoms with Crippen molar-refractivity contribution in [3.05, 3.63) is 29.6 Å². The van der Waals surface area contributed by atoms with Gasteiger partial charge in [0, 0.05) is 5.46 Å².